The number of carboxylic acids is 1. The summed E-state index contributed by atoms with van der Waals surface area (Å²) in [6, 6.07) is 5.99. The molecule has 1 aromatic heterocycles. The van der Waals surface area contributed by atoms with Crippen molar-refractivity contribution < 1.29 is 23.4 Å². The van der Waals surface area contributed by atoms with Gasteiger partial charge in [-0.1, -0.05) is 13.0 Å². The van der Waals surface area contributed by atoms with Crippen LogP contribution in [0.5, 0.6) is 5.75 Å². The molecule has 0 aliphatic rings. The van der Waals surface area contributed by atoms with Crippen LogP contribution >= 0.6 is 11.8 Å². The van der Waals surface area contributed by atoms with E-state index in [4.69, 9.17) is 9.84 Å². The van der Waals surface area contributed by atoms with Crippen LogP contribution in [0.15, 0.2) is 35.5 Å². The first-order chi connectivity index (χ1) is 12.5. The number of nitrogens with zero attached hydrogens (tertiary/aromatic N) is 1. The highest BCUT2D eigenvalue weighted by Crippen LogP contribution is 2.34. The first-order valence-corrected chi connectivity index (χ1v) is 9.43. The first-order valence-electron chi connectivity index (χ1n) is 8.44. The summed E-state index contributed by atoms with van der Waals surface area (Å²) in [5.74, 6) is -2.04. The Morgan fingerprint density at radius 2 is 2.00 bits per heavy atom. The maximum Gasteiger partial charge on any atom is 0.303 e. The zero-order chi connectivity index (χ0) is 18.9. The van der Waals surface area contributed by atoms with Crippen LogP contribution in [-0.2, 0) is 4.79 Å². The monoisotopic (exact) mass is 381 g/mol. The second-order valence-corrected chi connectivity index (χ2v) is 6.76. The molecule has 0 atom stereocenters. The first kappa shape index (κ1) is 20.2. The molecule has 0 aliphatic carbocycles. The third-order valence-electron chi connectivity index (χ3n) is 3.55. The van der Waals surface area contributed by atoms with Crippen molar-refractivity contribution in [1.29, 1.82) is 0 Å². The summed E-state index contributed by atoms with van der Waals surface area (Å²) >= 11 is 1.54. The van der Waals surface area contributed by atoms with E-state index in [2.05, 4.69) is 11.9 Å². The average molecular weight is 381 g/mol. The number of carboxylic acid groups (broad SMARTS) is 1. The maximum atomic E-state index is 14.3. The number of hydrogen-bond acceptors (Lipinski definition) is 4. The summed E-state index contributed by atoms with van der Waals surface area (Å²) in [5, 5.41) is 9.30. The molecular weight excluding hydrogens is 360 g/mol. The van der Waals surface area contributed by atoms with Gasteiger partial charge < -0.3 is 9.84 Å². The molecule has 0 saturated carbocycles. The number of rotatable bonds is 10. The van der Waals surface area contributed by atoms with Gasteiger partial charge >= 0.3 is 5.97 Å². The smallest absolute Gasteiger partial charge is 0.303 e. The standard InChI is InChI=1S/C19H21F2NO3S/c1-2-10-26-19-14(6-5-8-22-19)13-11-15(20)18(16(21)12-13)25-9-4-3-7-17(23)24/h5-6,8,11-12H,2-4,7,9-10H2,1H3,(H,23,24). The molecular formula is C19H21F2NO3S. The minimum Gasteiger partial charge on any atom is -0.488 e. The second kappa shape index (κ2) is 10.1. The predicted octanol–water partition coefficient (Wildman–Crippen LogP) is 5.16. The van der Waals surface area contributed by atoms with Gasteiger partial charge in [-0.05, 0) is 48.8 Å². The summed E-state index contributed by atoms with van der Waals surface area (Å²) in [4.78, 5) is 14.7. The fourth-order valence-corrected chi connectivity index (χ4v) is 3.20. The topological polar surface area (TPSA) is 59.4 Å². The third-order valence-corrected chi connectivity index (χ3v) is 4.77. The van der Waals surface area contributed by atoms with E-state index in [0.717, 1.165) is 17.2 Å². The van der Waals surface area contributed by atoms with Gasteiger partial charge in [-0.2, -0.15) is 0 Å². The molecule has 0 spiro atoms. The van der Waals surface area contributed by atoms with Crippen LogP contribution < -0.4 is 4.74 Å². The summed E-state index contributed by atoms with van der Waals surface area (Å²) in [7, 11) is 0. The van der Waals surface area contributed by atoms with Crippen LogP contribution in [0.25, 0.3) is 11.1 Å². The lowest BCUT2D eigenvalue weighted by Gasteiger charge is -2.12. The Morgan fingerprint density at radius 1 is 1.27 bits per heavy atom. The number of pyridine rings is 1. The Labute approximate surface area is 155 Å². The van der Waals surface area contributed by atoms with Crippen molar-refractivity contribution in [3.63, 3.8) is 0 Å². The van der Waals surface area contributed by atoms with Gasteiger partial charge in [0.05, 0.1) is 6.61 Å². The van der Waals surface area contributed by atoms with Crippen molar-refractivity contribution in [1.82, 2.24) is 4.98 Å². The van der Waals surface area contributed by atoms with Gasteiger partial charge in [-0.15, -0.1) is 11.8 Å². The number of ether oxygens (including phenoxy) is 1. The fraction of sp³-hybridized carbons (Fsp3) is 0.368. The van der Waals surface area contributed by atoms with E-state index < -0.39 is 23.4 Å². The molecule has 1 N–H and O–H groups in total. The van der Waals surface area contributed by atoms with Gasteiger partial charge in [0.1, 0.15) is 5.03 Å². The molecule has 0 unspecified atom stereocenters. The Hall–Kier alpha value is -2.15. The van der Waals surface area contributed by atoms with Crippen molar-refractivity contribution in [3.05, 3.63) is 42.1 Å². The molecule has 1 aromatic carbocycles. The maximum absolute atomic E-state index is 14.3. The van der Waals surface area contributed by atoms with Gasteiger partial charge in [0.2, 0.25) is 0 Å². The molecule has 4 nitrogen and oxygen atoms in total. The zero-order valence-electron chi connectivity index (χ0n) is 14.5. The number of hydrogen-bond donors (Lipinski definition) is 1. The van der Waals surface area contributed by atoms with Crippen molar-refractivity contribution in [2.75, 3.05) is 12.4 Å². The summed E-state index contributed by atoms with van der Waals surface area (Å²) < 4.78 is 33.8. The lowest BCUT2D eigenvalue weighted by molar-refractivity contribution is -0.137. The van der Waals surface area contributed by atoms with Crippen molar-refractivity contribution in [2.24, 2.45) is 0 Å². The molecule has 0 bridgehead atoms. The highest BCUT2D eigenvalue weighted by atomic mass is 32.2. The third kappa shape index (κ3) is 5.69. The van der Waals surface area contributed by atoms with Gasteiger partial charge in [0.25, 0.3) is 0 Å². The molecule has 7 heteroatoms. The highest BCUT2D eigenvalue weighted by molar-refractivity contribution is 7.99. The quantitative estimate of drug-likeness (QED) is 0.455. The molecule has 2 rings (SSSR count). The predicted molar refractivity (Wildman–Crippen MR) is 97.6 cm³/mol. The highest BCUT2D eigenvalue weighted by Gasteiger charge is 2.16. The van der Waals surface area contributed by atoms with Crippen LogP contribution in [0.4, 0.5) is 8.78 Å². The molecule has 0 saturated heterocycles. The van der Waals surface area contributed by atoms with E-state index >= 15 is 0 Å². The van der Waals surface area contributed by atoms with Crippen LogP contribution in [0.1, 0.15) is 32.6 Å². The Kier molecular flexibility index (Phi) is 7.84. The van der Waals surface area contributed by atoms with Crippen molar-refractivity contribution in [2.45, 2.75) is 37.6 Å². The van der Waals surface area contributed by atoms with Crippen LogP contribution in [-0.4, -0.2) is 28.4 Å². The largest absolute Gasteiger partial charge is 0.488 e. The molecule has 1 heterocycles. The SMILES string of the molecule is CCCSc1ncccc1-c1cc(F)c(OCCCCC(=O)O)c(F)c1. The Bertz CT molecular complexity index is 732. The van der Waals surface area contributed by atoms with E-state index in [1.54, 1.807) is 30.1 Å². The van der Waals surface area contributed by atoms with E-state index in [1.807, 2.05) is 0 Å². The minimum absolute atomic E-state index is 0.00642. The molecule has 0 amide bonds. The molecule has 0 aliphatic heterocycles. The zero-order valence-corrected chi connectivity index (χ0v) is 15.3. The van der Waals surface area contributed by atoms with Gasteiger partial charge in [0, 0.05) is 18.2 Å². The number of thioether (sulfide) groups is 1. The number of unbranched alkanes of at least 4 members (excludes halogenated alkanes) is 1. The number of carbonyl (C=O) groups is 1. The second-order valence-electron chi connectivity index (χ2n) is 5.67. The Morgan fingerprint density at radius 3 is 2.65 bits per heavy atom. The molecule has 0 radical (unpaired) electrons. The normalized spacial score (nSPS) is 10.7. The average Bonchev–Trinajstić information content (AvgIpc) is 2.61. The van der Waals surface area contributed by atoms with Gasteiger partial charge in [-0.3, -0.25) is 4.79 Å². The molecule has 2 aromatic rings. The molecule has 26 heavy (non-hydrogen) atoms. The summed E-state index contributed by atoms with van der Waals surface area (Å²) in [6.07, 6.45) is 3.44. The van der Waals surface area contributed by atoms with Crippen molar-refractivity contribution >= 4 is 17.7 Å². The minimum atomic E-state index is -0.903. The van der Waals surface area contributed by atoms with Crippen LogP contribution in [0.3, 0.4) is 0 Å². The van der Waals surface area contributed by atoms with E-state index in [1.165, 1.54) is 12.1 Å². The Balaban J connectivity index is 2.13. The van der Waals surface area contributed by atoms with E-state index in [0.29, 0.717) is 24.0 Å². The summed E-state index contributed by atoms with van der Waals surface area (Å²) in [5.41, 5.74) is 1.08. The van der Waals surface area contributed by atoms with Gasteiger partial charge in [-0.25, -0.2) is 13.8 Å². The molecule has 0 fully saturated rings. The lowest BCUT2D eigenvalue weighted by atomic mass is 10.1. The number of aromatic nitrogens is 1. The molecule has 140 valence electrons. The number of aliphatic carboxylic acids is 1. The van der Waals surface area contributed by atoms with E-state index in [-0.39, 0.29) is 13.0 Å². The number of benzene rings is 1. The lowest BCUT2D eigenvalue weighted by Crippen LogP contribution is -2.03. The summed E-state index contributed by atoms with van der Waals surface area (Å²) in [6.45, 7) is 2.11. The van der Waals surface area contributed by atoms with E-state index in [9.17, 15) is 13.6 Å². The fourth-order valence-electron chi connectivity index (χ4n) is 2.33. The van der Waals surface area contributed by atoms with Crippen LogP contribution in [0.2, 0.25) is 0 Å². The number of halogens is 2. The van der Waals surface area contributed by atoms with Crippen molar-refractivity contribution in [3.8, 4) is 16.9 Å². The van der Waals surface area contributed by atoms with Gasteiger partial charge in [0.15, 0.2) is 17.4 Å². The van der Waals surface area contributed by atoms with Crippen LogP contribution in [0, 0.1) is 11.6 Å².